The van der Waals surface area contributed by atoms with Crippen molar-refractivity contribution >= 4 is 27.6 Å². The summed E-state index contributed by atoms with van der Waals surface area (Å²) in [4.78, 5) is 33.1. The lowest BCUT2D eigenvalue weighted by molar-refractivity contribution is -0.131. The maximum absolute atomic E-state index is 11.7. The summed E-state index contributed by atoms with van der Waals surface area (Å²) < 4.78 is 23.0. The molecule has 0 aromatic heterocycles. The van der Waals surface area contributed by atoms with Gasteiger partial charge in [0.15, 0.2) is 15.1 Å². The lowest BCUT2D eigenvalue weighted by Crippen LogP contribution is -2.46. The fourth-order valence-electron chi connectivity index (χ4n) is 1.19. The van der Waals surface area contributed by atoms with Crippen LogP contribution in [0.15, 0.2) is 12.2 Å². The second-order valence-electron chi connectivity index (χ2n) is 3.93. The van der Waals surface area contributed by atoms with E-state index in [0.717, 1.165) is 6.26 Å². The molecule has 0 fully saturated rings. The minimum atomic E-state index is -3.78. The van der Waals surface area contributed by atoms with Crippen LogP contribution in [0.5, 0.6) is 0 Å². The van der Waals surface area contributed by atoms with Crippen LogP contribution in [-0.4, -0.2) is 55.9 Å². The molecule has 0 radical (unpaired) electrons. The first kappa shape index (κ1) is 18.6. The highest BCUT2D eigenvalue weighted by Gasteiger charge is 2.28. The molecule has 0 rings (SSSR count). The Bertz CT molecular complexity index is 575. The highest BCUT2D eigenvalue weighted by Crippen LogP contribution is 1.99. The topological polar surface area (TPSA) is 153 Å². The van der Waals surface area contributed by atoms with E-state index in [2.05, 4.69) is 10.6 Å². The van der Waals surface area contributed by atoms with Crippen LogP contribution in [0.3, 0.4) is 0 Å². The van der Waals surface area contributed by atoms with E-state index in [1.807, 2.05) is 0 Å². The van der Waals surface area contributed by atoms with Crippen LogP contribution in [0.2, 0.25) is 0 Å². The fourth-order valence-corrected chi connectivity index (χ4v) is 2.05. The third-order valence-electron chi connectivity index (χ3n) is 2.18. The highest BCUT2D eigenvalue weighted by atomic mass is 32.2. The molecule has 0 bridgehead atoms. The van der Waals surface area contributed by atoms with E-state index < -0.39 is 39.4 Å². The molecule has 10 heteroatoms. The summed E-state index contributed by atoms with van der Waals surface area (Å²) in [5.74, 6) is -3.01. The number of carbonyl (C=O) groups excluding carboxylic acids is 2. The average Bonchev–Trinajstić information content (AvgIpc) is 2.35. The summed E-state index contributed by atoms with van der Waals surface area (Å²) in [5, 5.41) is 19.5. The zero-order valence-corrected chi connectivity index (χ0v) is 12.0. The van der Waals surface area contributed by atoms with Gasteiger partial charge in [-0.25, -0.2) is 13.2 Å². The Hall–Kier alpha value is -2.41. The molecular weight excluding hydrogens is 302 g/mol. The fraction of sp³-hybridized carbons (Fsp3) is 0.455. The molecule has 3 N–H and O–H groups in total. The summed E-state index contributed by atoms with van der Waals surface area (Å²) in [6.07, 6.45) is 2.14. The number of nitriles is 1. The van der Waals surface area contributed by atoms with Crippen LogP contribution in [0.1, 0.15) is 6.42 Å². The summed E-state index contributed by atoms with van der Waals surface area (Å²) in [7, 11) is -3.78. The summed E-state index contributed by atoms with van der Waals surface area (Å²) in [6.45, 7) is -0.506. The van der Waals surface area contributed by atoms with Crippen molar-refractivity contribution in [2.75, 3.05) is 19.3 Å². The third kappa shape index (κ3) is 8.38. The molecule has 0 heterocycles. The maximum Gasteiger partial charge on any atom is 0.328 e. The van der Waals surface area contributed by atoms with E-state index in [1.165, 1.54) is 0 Å². The number of hydrogen-bond donors (Lipinski definition) is 3. The lowest BCUT2D eigenvalue weighted by atomic mass is 10.3. The average molecular weight is 317 g/mol. The second-order valence-corrected chi connectivity index (χ2v) is 6.16. The van der Waals surface area contributed by atoms with Gasteiger partial charge in [-0.1, -0.05) is 0 Å². The van der Waals surface area contributed by atoms with Crippen molar-refractivity contribution in [1.82, 2.24) is 10.6 Å². The minimum Gasteiger partial charge on any atom is -0.478 e. The molecule has 116 valence electrons. The first-order valence-corrected chi connectivity index (χ1v) is 7.66. The quantitative estimate of drug-likeness (QED) is 0.352. The number of sulfone groups is 1. The number of carbonyl (C=O) groups is 3. The first-order chi connectivity index (χ1) is 9.68. The number of nitrogens with zero attached hydrogens (tertiary/aromatic N) is 1. The van der Waals surface area contributed by atoms with Gasteiger partial charge in [0.1, 0.15) is 0 Å². The van der Waals surface area contributed by atoms with Crippen LogP contribution in [0.25, 0.3) is 0 Å². The Kier molecular flexibility index (Phi) is 7.70. The van der Waals surface area contributed by atoms with Gasteiger partial charge >= 0.3 is 5.97 Å². The van der Waals surface area contributed by atoms with E-state index in [1.54, 1.807) is 6.07 Å². The summed E-state index contributed by atoms with van der Waals surface area (Å²) in [5.41, 5.74) is 0. The van der Waals surface area contributed by atoms with Crippen molar-refractivity contribution in [3.8, 4) is 6.07 Å². The largest absolute Gasteiger partial charge is 0.478 e. The molecule has 2 amide bonds. The van der Waals surface area contributed by atoms with Gasteiger partial charge in [0.2, 0.25) is 11.8 Å². The molecule has 0 aliphatic carbocycles. The van der Waals surface area contributed by atoms with Gasteiger partial charge in [-0.15, -0.1) is 0 Å². The van der Waals surface area contributed by atoms with E-state index >= 15 is 0 Å². The predicted octanol–water partition coefficient (Wildman–Crippen LogP) is -1.81. The molecule has 0 saturated carbocycles. The molecule has 0 saturated heterocycles. The SMILES string of the molecule is CS(=O)(=O)C(CNC(=O)C=CC(=O)O)C(=O)NCCC#N. The molecule has 0 spiro atoms. The molecule has 0 aliphatic rings. The molecular formula is C11H15N3O6S. The number of carboxylic acids is 1. The Balaban J connectivity index is 4.67. The zero-order chi connectivity index (χ0) is 16.5. The monoisotopic (exact) mass is 317 g/mol. The van der Waals surface area contributed by atoms with Gasteiger partial charge in [-0.3, -0.25) is 9.59 Å². The summed E-state index contributed by atoms with van der Waals surface area (Å²) >= 11 is 0. The number of aliphatic carboxylic acids is 1. The van der Waals surface area contributed by atoms with Crippen molar-refractivity contribution in [2.24, 2.45) is 0 Å². The third-order valence-corrected chi connectivity index (χ3v) is 3.60. The zero-order valence-electron chi connectivity index (χ0n) is 11.2. The van der Waals surface area contributed by atoms with Crippen molar-refractivity contribution < 1.29 is 27.9 Å². The Morgan fingerprint density at radius 3 is 2.38 bits per heavy atom. The molecule has 9 nitrogen and oxygen atoms in total. The van der Waals surface area contributed by atoms with E-state index in [-0.39, 0.29) is 13.0 Å². The van der Waals surface area contributed by atoms with Gasteiger partial charge in [-0.2, -0.15) is 5.26 Å². The van der Waals surface area contributed by atoms with Gasteiger partial charge in [0.25, 0.3) is 0 Å². The number of amides is 2. The van der Waals surface area contributed by atoms with Crippen molar-refractivity contribution in [1.29, 1.82) is 5.26 Å². The van der Waals surface area contributed by atoms with Crippen LogP contribution < -0.4 is 10.6 Å². The van der Waals surface area contributed by atoms with E-state index in [9.17, 15) is 22.8 Å². The van der Waals surface area contributed by atoms with Crippen molar-refractivity contribution in [3.63, 3.8) is 0 Å². The van der Waals surface area contributed by atoms with Crippen LogP contribution in [0, 0.1) is 11.3 Å². The van der Waals surface area contributed by atoms with Gasteiger partial charge in [0.05, 0.1) is 12.5 Å². The van der Waals surface area contributed by atoms with Crippen molar-refractivity contribution in [3.05, 3.63) is 12.2 Å². The Morgan fingerprint density at radius 2 is 1.90 bits per heavy atom. The molecule has 1 unspecified atom stereocenters. The number of hydrogen-bond acceptors (Lipinski definition) is 6. The van der Waals surface area contributed by atoms with Crippen molar-refractivity contribution in [2.45, 2.75) is 11.7 Å². The van der Waals surface area contributed by atoms with Crippen LogP contribution in [0.4, 0.5) is 0 Å². The smallest absolute Gasteiger partial charge is 0.328 e. The molecule has 0 aromatic rings. The van der Waals surface area contributed by atoms with Crippen LogP contribution >= 0.6 is 0 Å². The number of carboxylic acid groups (broad SMARTS) is 1. The maximum atomic E-state index is 11.7. The number of rotatable bonds is 8. The number of nitrogens with one attached hydrogen (secondary N) is 2. The molecule has 21 heavy (non-hydrogen) atoms. The second kappa shape index (κ2) is 8.70. The first-order valence-electron chi connectivity index (χ1n) is 5.71. The lowest BCUT2D eigenvalue weighted by Gasteiger charge is -2.14. The minimum absolute atomic E-state index is 0.00574. The van der Waals surface area contributed by atoms with Gasteiger partial charge in [0, 0.05) is 31.5 Å². The van der Waals surface area contributed by atoms with E-state index in [0.29, 0.717) is 12.2 Å². The van der Waals surface area contributed by atoms with Crippen LogP contribution in [-0.2, 0) is 24.2 Å². The molecule has 1 atom stereocenters. The van der Waals surface area contributed by atoms with E-state index in [4.69, 9.17) is 10.4 Å². The summed E-state index contributed by atoms with van der Waals surface area (Å²) in [6, 6.07) is 1.78. The molecule has 0 aromatic carbocycles. The Labute approximate surface area is 121 Å². The van der Waals surface area contributed by atoms with Gasteiger partial charge in [-0.05, 0) is 0 Å². The highest BCUT2D eigenvalue weighted by molar-refractivity contribution is 7.92. The van der Waals surface area contributed by atoms with Gasteiger partial charge < -0.3 is 15.7 Å². The predicted molar refractivity (Wildman–Crippen MR) is 71.7 cm³/mol. The Morgan fingerprint density at radius 1 is 1.29 bits per heavy atom. The normalized spacial score (nSPS) is 12.4. The standard InChI is InChI=1S/C11H15N3O6S/c1-21(19,20)8(11(18)13-6-2-5-12)7-14-9(15)3-4-10(16)17/h3-4,8H,2,6-7H2,1H3,(H,13,18)(H,14,15)(H,16,17). The molecule has 0 aliphatic heterocycles.